The van der Waals surface area contributed by atoms with Gasteiger partial charge in [-0.25, -0.2) is 5.43 Å². The van der Waals surface area contributed by atoms with Gasteiger partial charge in [-0.05, 0) is 53.8 Å². The lowest BCUT2D eigenvalue weighted by atomic mass is 9.58. The summed E-state index contributed by atoms with van der Waals surface area (Å²) in [6, 6.07) is 24.4. The van der Waals surface area contributed by atoms with Gasteiger partial charge in [0.1, 0.15) is 0 Å². The fourth-order valence-corrected chi connectivity index (χ4v) is 5.15. The molecule has 3 aliphatic carbocycles. The summed E-state index contributed by atoms with van der Waals surface area (Å²) in [7, 11) is 0. The van der Waals surface area contributed by atoms with Gasteiger partial charge in [0, 0.05) is 34.1 Å². The molecule has 3 aromatic rings. The number of halogens is 1. The van der Waals surface area contributed by atoms with E-state index in [9.17, 15) is 4.79 Å². The van der Waals surface area contributed by atoms with Gasteiger partial charge in [0.05, 0.1) is 0 Å². The van der Waals surface area contributed by atoms with Crippen LogP contribution in [0.4, 0.5) is 0 Å². The summed E-state index contributed by atoms with van der Waals surface area (Å²) in [5, 5.41) is 5.03. The molecule has 1 unspecified atom stereocenters. The Hall–Kier alpha value is -2.91. The van der Waals surface area contributed by atoms with Crippen molar-refractivity contribution < 1.29 is 4.79 Å². The number of hydrogen-bond acceptors (Lipinski definition) is 2. The Bertz CT molecular complexity index is 1090. The van der Waals surface area contributed by atoms with E-state index in [-0.39, 0.29) is 17.7 Å². The molecule has 1 atom stereocenters. The first-order valence-electron chi connectivity index (χ1n) is 9.91. The smallest absolute Gasteiger partial charge is 0.267 e. The predicted octanol–water partition coefficient (Wildman–Crippen LogP) is 5.74. The van der Waals surface area contributed by atoms with Crippen molar-refractivity contribution in [3.8, 4) is 0 Å². The monoisotopic (exact) mass is 400 g/mol. The van der Waals surface area contributed by atoms with Crippen LogP contribution in [0.15, 0.2) is 77.9 Å². The van der Waals surface area contributed by atoms with Gasteiger partial charge in [-0.1, -0.05) is 66.2 Å². The molecular formula is C25H21ClN2O. The number of benzene rings is 3. The van der Waals surface area contributed by atoms with E-state index in [0.29, 0.717) is 16.5 Å². The third kappa shape index (κ3) is 3.06. The third-order valence-corrected chi connectivity index (χ3v) is 6.50. The van der Waals surface area contributed by atoms with E-state index in [1.165, 1.54) is 22.3 Å². The lowest BCUT2D eigenvalue weighted by Crippen LogP contribution is -2.36. The highest BCUT2D eigenvalue weighted by Gasteiger charge is 2.44. The second-order valence-corrected chi connectivity index (χ2v) is 8.27. The molecule has 0 aromatic heterocycles. The third-order valence-electron chi connectivity index (χ3n) is 6.26. The maximum Gasteiger partial charge on any atom is 0.271 e. The summed E-state index contributed by atoms with van der Waals surface area (Å²) in [6.07, 6.45) is 1.01. The predicted molar refractivity (Wildman–Crippen MR) is 117 cm³/mol. The maximum absolute atomic E-state index is 12.5. The fourth-order valence-electron chi connectivity index (χ4n) is 4.96. The minimum absolute atomic E-state index is 0.242. The number of hydrogen-bond donors (Lipinski definition) is 1. The summed E-state index contributed by atoms with van der Waals surface area (Å²) in [6.45, 7) is 2.02. The van der Waals surface area contributed by atoms with Crippen LogP contribution in [0.3, 0.4) is 0 Å². The Morgan fingerprint density at radius 2 is 1.55 bits per heavy atom. The number of rotatable bonds is 3. The van der Waals surface area contributed by atoms with Gasteiger partial charge in [0.15, 0.2) is 0 Å². The van der Waals surface area contributed by atoms with Crippen molar-refractivity contribution in [2.24, 2.45) is 11.0 Å². The molecule has 3 aromatic carbocycles. The Balaban J connectivity index is 1.46. The van der Waals surface area contributed by atoms with Crippen LogP contribution in [-0.4, -0.2) is 11.6 Å². The minimum Gasteiger partial charge on any atom is -0.267 e. The van der Waals surface area contributed by atoms with E-state index in [0.717, 1.165) is 12.1 Å². The van der Waals surface area contributed by atoms with Crippen molar-refractivity contribution in [1.82, 2.24) is 5.43 Å². The van der Waals surface area contributed by atoms with Crippen LogP contribution in [0.25, 0.3) is 0 Å². The van der Waals surface area contributed by atoms with Crippen LogP contribution in [0.2, 0.25) is 5.02 Å². The Morgan fingerprint density at radius 1 is 0.931 bits per heavy atom. The summed E-state index contributed by atoms with van der Waals surface area (Å²) in [5.41, 5.74) is 9.84. The normalized spacial score (nSPS) is 22.0. The molecule has 3 aliphatic rings. The van der Waals surface area contributed by atoms with E-state index in [1.54, 1.807) is 24.3 Å². The average molecular weight is 401 g/mol. The lowest BCUT2D eigenvalue weighted by Gasteiger charge is -2.45. The second kappa shape index (κ2) is 7.16. The maximum atomic E-state index is 12.5. The number of fused-ring (bicyclic) bond motifs is 1. The molecule has 0 saturated heterocycles. The molecule has 4 heteroatoms. The molecule has 0 heterocycles. The first-order chi connectivity index (χ1) is 14.1. The first kappa shape index (κ1) is 18.1. The topological polar surface area (TPSA) is 41.5 Å². The van der Waals surface area contributed by atoms with Gasteiger partial charge in [0.2, 0.25) is 0 Å². The van der Waals surface area contributed by atoms with Crippen molar-refractivity contribution in [3.63, 3.8) is 0 Å². The van der Waals surface area contributed by atoms with Crippen molar-refractivity contribution in [1.29, 1.82) is 0 Å². The molecule has 3 nitrogen and oxygen atoms in total. The minimum atomic E-state index is -0.242. The molecule has 6 rings (SSSR count). The Morgan fingerprint density at radius 3 is 2.17 bits per heavy atom. The highest BCUT2D eigenvalue weighted by atomic mass is 35.5. The summed E-state index contributed by atoms with van der Waals surface area (Å²) < 4.78 is 0. The van der Waals surface area contributed by atoms with Gasteiger partial charge in [-0.3, -0.25) is 4.79 Å². The number of nitrogens with zero attached hydrogens (tertiary/aromatic N) is 1. The molecule has 144 valence electrons. The highest BCUT2D eigenvalue weighted by Crippen LogP contribution is 2.55. The lowest BCUT2D eigenvalue weighted by molar-refractivity contribution is 0.0954. The zero-order valence-corrected chi connectivity index (χ0v) is 16.9. The molecule has 1 amide bonds. The number of carbonyl (C=O) groups is 1. The summed E-state index contributed by atoms with van der Waals surface area (Å²) in [5.74, 6) is 0.684. The van der Waals surface area contributed by atoms with E-state index in [4.69, 9.17) is 11.6 Å². The molecule has 0 spiro atoms. The molecule has 2 bridgehead atoms. The second-order valence-electron chi connectivity index (χ2n) is 7.83. The van der Waals surface area contributed by atoms with Crippen molar-refractivity contribution in [2.45, 2.75) is 25.2 Å². The molecule has 0 aliphatic heterocycles. The quantitative estimate of drug-likeness (QED) is 0.441. The molecule has 29 heavy (non-hydrogen) atoms. The zero-order chi connectivity index (χ0) is 20.0. The van der Waals surface area contributed by atoms with Crippen LogP contribution in [-0.2, 0) is 0 Å². The van der Waals surface area contributed by atoms with Crippen LogP contribution < -0.4 is 5.43 Å². The zero-order valence-electron chi connectivity index (χ0n) is 16.1. The van der Waals surface area contributed by atoms with Crippen LogP contribution in [0.5, 0.6) is 0 Å². The Labute approximate surface area is 175 Å². The SMILES string of the molecule is C/C(=N/NC(=O)c1cccc(Cl)c1)C1CC2c3ccccc3C1c1ccccc12. The van der Waals surface area contributed by atoms with Gasteiger partial charge < -0.3 is 0 Å². The fraction of sp³-hybridized carbons (Fsp3) is 0.200. The summed E-state index contributed by atoms with van der Waals surface area (Å²) >= 11 is 6.00. The van der Waals surface area contributed by atoms with E-state index >= 15 is 0 Å². The number of amides is 1. The largest absolute Gasteiger partial charge is 0.271 e. The van der Waals surface area contributed by atoms with E-state index in [2.05, 4.69) is 59.1 Å². The Kier molecular flexibility index (Phi) is 4.48. The molecule has 0 saturated carbocycles. The van der Waals surface area contributed by atoms with Crippen molar-refractivity contribution >= 4 is 23.2 Å². The summed E-state index contributed by atoms with van der Waals surface area (Å²) in [4.78, 5) is 12.5. The van der Waals surface area contributed by atoms with E-state index in [1.807, 2.05) is 6.92 Å². The number of nitrogens with one attached hydrogen (secondary N) is 1. The van der Waals surface area contributed by atoms with Gasteiger partial charge in [-0.2, -0.15) is 5.10 Å². The molecule has 0 fully saturated rings. The van der Waals surface area contributed by atoms with Crippen LogP contribution in [0, 0.1) is 5.92 Å². The van der Waals surface area contributed by atoms with Gasteiger partial charge in [0.25, 0.3) is 5.91 Å². The molecule has 1 N–H and O–H groups in total. The van der Waals surface area contributed by atoms with Crippen molar-refractivity contribution in [3.05, 3.63) is 106 Å². The van der Waals surface area contributed by atoms with Gasteiger partial charge >= 0.3 is 0 Å². The highest BCUT2D eigenvalue weighted by molar-refractivity contribution is 6.30. The standard InChI is InChI=1S/C25H21ClN2O/c1-15(27-28-25(29)16-7-6-8-17(26)13-16)22-14-23-18-9-2-4-11-20(18)24(22)21-12-5-3-10-19(21)23/h2-13,22-24H,14H2,1H3,(H,28,29)/b27-15-. The number of hydrazone groups is 1. The van der Waals surface area contributed by atoms with Crippen molar-refractivity contribution in [2.75, 3.05) is 0 Å². The average Bonchev–Trinajstić information content (AvgIpc) is 2.77. The van der Waals surface area contributed by atoms with E-state index < -0.39 is 0 Å². The number of carbonyl (C=O) groups excluding carboxylic acids is 1. The first-order valence-corrected chi connectivity index (χ1v) is 10.3. The molecule has 0 radical (unpaired) electrons. The van der Waals surface area contributed by atoms with Crippen LogP contribution >= 0.6 is 11.6 Å². The van der Waals surface area contributed by atoms with Crippen LogP contribution in [0.1, 0.15) is 57.8 Å². The van der Waals surface area contributed by atoms with Gasteiger partial charge in [-0.15, -0.1) is 0 Å². The molecular weight excluding hydrogens is 380 g/mol.